The normalized spacial score (nSPS) is 10.8. The smallest absolute Gasteiger partial charge is 0.224 e. The summed E-state index contributed by atoms with van der Waals surface area (Å²) in [6.07, 6.45) is 4.72. The SMILES string of the molecule is CSc1nc(C)c(CCC(=O)Nc2cccc3ncccc23)c(C)n1. The number of carbonyl (C=O) groups excluding carboxylic acids is 1. The van der Waals surface area contributed by atoms with Crippen molar-refractivity contribution in [3.05, 3.63) is 53.5 Å². The lowest BCUT2D eigenvalue weighted by atomic mass is 10.1. The molecule has 3 aromatic rings. The zero-order valence-corrected chi connectivity index (χ0v) is 15.4. The molecule has 2 heterocycles. The summed E-state index contributed by atoms with van der Waals surface area (Å²) in [5, 5.41) is 4.71. The molecule has 1 N–H and O–H groups in total. The quantitative estimate of drug-likeness (QED) is 0.556. The summed E-state index contributed by atoms with van der Waals surface area (Å²) in [6, 6.07) is 9.56. The van der Waals surface area contributed by atoms with Gasteiger partial charge in [0.2, 0.25) is 5.91 Å². The molecule has 2 aromatic heterocycles. The molecule has 3 rings (SSSR count). The predicted molar refractivity (Wildman–Crippen MR) is 102 cm³/mol. The first-order valence-corrected chi connectivity index (χ1v) is 9.32. The summed E-state index contributed by atoms with van der Waals surface area (Å²) >= 11 is 1.53. The molecule has 0 radical (unpaired) electrons. The van der Waals surface area contributed by atoms with Gasteiger partial charge in [-0.2, -0.15) is 0 Å². The zero-order chi connectivity index (χ0) is 17.8. The van der Waals surface area contributed by atoms with Crippen LogP contribution in [0.5, 0.6) is 0 Å². The van der Waals surface area contributed by atoms with Crippen LogP contribution in [0.15, 0.2) is 41.7 Å². The fourth-order valence-corrected chi connectivity index (χ4v) is 3.28. The van der Waals surface area contributed by atoms with E-state index >= 15 is 0 Å². The average molecular weight is 352 g/mol. The Hall–Kier alpha value is -2.47. The van der Waals surface area contributed by atoms with Gasteiger partial charge < -0.3 is 5.32 Å². The number of pyridine rings is 1. The van der Waals surface area contributed by atoms with Crippen molar-refractivity contribution in [2.45, 2.75) is 31.8 Å². The number of thioether (sulfide) groups is 1. The molecule has 128 valence electrons. The average Bonchev–Trinajstić information content (AvgIpc) is 2.61. The number of rotatable bonds is 5. The number of anilines is 1. The lowest BCUT2D eigenvalue weighted by molar-refractivity contribution is -0.116. The Morgan fingerprint density at radius 3 is 2.60 bits per heavy atom. The van der Waals surface area contributed by atoms with Crippen molar-refractivity contribution in [1.82, 2.24) is 15.0 Å². The summed E-state index contributed by atoms with van der Waals surface area (Å²) in [5.74, 6) is -0.0240. The number of amides is 1. The van der Waals surface area contributed by atoms with E-state index in [0.717, 1.165) is 38.7 Å². The van der Waals surface area contributed by atoms with E-state index in [-0.39, 0.29) is 5.91 Å². The van der Waals surface area contributed by atoms with Gasteiger partial charge in [-0.1, -0.05) is 17.8 Å². The second-order valence-corrected chi connectivity index (χ2v) is 6.56. The van der Waals surface area contributed by atoms with Gasteiger partial charge in [-0.15, -0.1) is 0 Å². The van der Waals surface area contributed by atoms with Crippen molar-refractivity contribution < 1.29 is 4.79 Å². The van der Waals surface area contributed by atoms with Gasteiger partial charge in [0.25, 0.3) is 0 Å². The van der Waals surface area contributed by atoms with Crippen LogP contribution in [0.4, 0.5) is 5.69 Å². The molecule has 0 fully saturated rings. The van der Waals surface area contributed by atoms with Gasteiger partial charge in [-0.05, 0) is 56.4 Å². The monoisotopic (exact) mass is 352 g/mol. The highest BCUT2D eigenvalue weighted by Crippen LogP contribution is 2.22. The summed E-state index contributed by atoms with van der Waals surface area (Å²) in [5.41, 5.74) is 4.59. The van der Waals surface area contributed by atoms with Crippen LogP contribution in [0.25, 0.3) is 10.9 Å². The molecular formula is C19H20N4OS. The van der Waals surface area contributed by atoms with E-state index < -0.39 is 0 Å². The van der Waals surface area contributed by atoms with E-state index in [4.69, 9.17) is 0 Å². The molecule has 0 aliphatic carbocycles. The number of benzene rings is 1. The maximum Gasteiger partial charge on any atom is 0.224 e. The minimum atomic E-state index is -0.0240. The van der Waals surface area contributed by atoms with Crippen molar-refractivity contribution in [3.63, 3.8) is 0 Å². The molecule has 25 heavy (non-hydrogen) atoms. The Balaban J connectivity index is 1.71. The van der Waals surface area contributed by atoms with Crippen molar-refractivity contribution >= 4 is 34.3 Å². The zero-order valence-electron chi connectivity index (χ0n) is 14.5. The van der Waals surface area contributed by atoms with Gasteiger partial charge in [0.1, 0.15) is 0 Å². The lowest BCUT2D eigenvalue weighted by Crippen LogP contribution is -2.14. The van der Waals surface area contributed by atoms with Gasteiger partial charge in [0.15, 0.2) is 5.16 Å². The van der Waals surface area contributed by atoms with Crippen molar-refractivity contribution in [1.29, 1.82) is 0 Å². The van der Waals surface area contributed by atoms with Gasteiger partial charge in [0, 0.05) is 29.4 Å². The van der Waals surface area contributed by atoms with E-state index in [0.29, 0.717) is 12.8 Å². The van der Waals surface area contributed by atoms with E-state index in [1.165, 1.54) is 11.8 Å². The largest absolute Gasteiger partial charge is 0.325 e. The van der Waals surface area contributed by atoms with Gasteiger partial charge >= 0.3 is 0 Å². The Morgan fingerprint density at radius 2 is 1.88 bits per heavy atom. The number of nitrogens with one attached hydrogen (secondary N) is 1. The number of nitrogens with zero attached hydrogens (tertiary/aromatic N) is 3. The number of fused-ring (bicyclic) bond motifs is 1. The molecule has 5 nitrogen and oxygen atoms in total. The van der Waals surface area contributed by atoms with Crippen LogP contribution >= 0.6 is 11.8 Å². The maximum absolute atomic E-state index is 12.4. The highest BCUT2D eigenvalue weighted by atomic mass is 32.2. The lowest BCUT2D eigenvalue weighted by Gasteiger charge is -2.11. The minimum absolute atomic E-state index is 0.0240. The minimum Gasteiger partial charge on any atom is -0.325 e. The highest BCUT2D eigenvalue weighted by Gasteiger charge is 2.11. The summed E-state index contributed by atoms with van der Waals surface area (Å²) < 4.78 is 0. The third-order valence-electron chi connectivity index (χ3n) is 4.10. The van der Waals surface area contributed by atoms with Crippen LogP contribution in [-0.4, -0.2) is 27.1 Å². The van der Waals surface area contributed by atoms with Gasteiger partial charge in [-0.25, -0.2) is 9.97 Å². The predicted octanol–water partition coefficient (Wildman–Crippen LogP) is 3.93. The molecule has 0 spiro atoms. The fraction of sp³-hybridized carbons (Fsp3) is 0.263. The molecule has 0 bridgehead atoms. The van der Waals surface area contributed by atoms with Crippen LogP contribution in [0.3, 0.4) is 0 Å². The van der Waals surface area contributed by atoms with E-state index in [2.05, 4.69) is 20.3 Å². The second kappa shape index (κ2) is 7.61. The third kappa shape index (κ3) is 3.96. The van der Waals surface area contributed by atoms with Crippen LogP contribution in [0.2, 0.25) is 0 Å². The summed E-state index contributed by atoms with van der Waals surface area (Å²) in [6.45, 7) is 3.94. The molecule has 1 aromatic carbocycles. The molecule has 1 amide bonds. The number of aromatic nitrogens is 3. The molecule has 0 unspecified atom stereocenters. The number of hydrogen-bond donors (Lipinski definition) is 1. The van der Waals surface area contributed by atoms with E-state index in [1.807, 2.05) is 50.4 Å². The third-order valence-corrected chi connectivity index (χ3v) is 4.65. The maximum atomic E-state index is 12.4. The Bertz CT molecular complexity index is 898. The standard InChI is InChI=1S/C19H20N4OS/c1-12-14(13(2)22-19(21-12)25-3)9-10-18(24)23-17-8-4-7-16-15(17)6-5-11-20-16/h4-8,11H,9-10H2,1-3H3,(H,23,24). The Kier molecular flexibility index (Phi) is 5.28. The number of carbonyl (C=O) groups is 1. The first-order chi connectivity index (χ1) is 12.1. The van der Waals surface area contributed by atoms with Crippen LogP contribution in [0, 0.1) is 13.8 Å². The molecule has 0 saturated carbocycles. The first-order valence-electron chi connectivity index (χ1n) is 8.10. The van der Waals surface area contributed by atoms with Crippen LogP contribution < -0.4 is 5.32 Å². The molecule has 6 heteroatoms. The molecule has 0 saturated heterocycles. The van der Waals surface area contributed by atoms with Crippen molar-refractivity contribution in [2.24, 2.45) is 0 Å². The van der Waals surface area contributed by atoms with Gasteiger partial charge in [0.05, 0.1) is 11.2 Å². The first kappa shape index (κ1) is 17.4. The highest BCUT2D eigenvalue weighted by molar-refractivity contribution is 7.98. The molecule has 0 atom stereocenters. The molecule has 0 aliphatic rings. The van der Waals surface area contributed by atoms with Crippen molar-refractivity contribution in [3.8, 4) is 0 Å². The Labute approximate surface area is 151 Å². The van der Waals surface area contributed by atoms with Gasteiger partial charge in [-0.3, -0.25) is 9.78 Å². The van der Waals surface area contributed by atoms with Crippen LogP contribution in [-0.2, 0) is 11.2 Å². The summed E-state index contributed by atoms with van der Waals surface area (Å²) in [4.78, 5) is 25.6. The summed E-state index contributed by atoms with van der Waals surface area (Å²) in [7, 11) is 0. The number of hydrogen-bond acceptors (Lipinski definition) is 5. The second-order valence-electron chi connectivity index (χ2n) is 5.78. The topological polar surface area (TPSA) is 67.8 Å². The van der Waals surface area contributed by atoms with E-state index in [9.17, 15) is 4.79 Å². The molecule has 0 aliphatic heterocycles. The number of aryl methyl sites for hydroxylation is 2. The van der Waals surface area contributed by atoms with Crippen LogP contribution in [0.1, 0.15) is 23.4 Å². The van der Waals surface area contributed by atoms with Crippen molar-refractivity contribution in [2.75, 3.05) is 11.6 Å². The Morgan fingerprint density at radius 1 is 1.12 bits per heavy atom. The molecular weight excluding hydrogens is 332 g/mol. The fourth-order valence-electron chi connectivity index (χ4n) is 2.83. The van der Waals surface area contributed by atoms with E-state index in [1.54, 1.807) is 6.20 Å².